The average Bonchev–Trinajstić information content (AvgIpc) is 3.41. The van der Waals surface area contributed by atoms with Crippen molar-refractivity contribution < 1.29 is 24.2 Å². The summed E-state index contributed by atoms with van der Waals surface area (Å²) in [7, 11) is 1.72. The van der Waals surface area contributed by atoms with Gasteiger partial charge in [0.05, 0.1) is 24.6 Å². The van der Waals surface area contributed by atoms with E-state index in [-0.39, 0.29) is 48.3 Å². The molecule has 2 aromatic carbocycles. The normalized spacial score (nSPS) is 25.1. The van der Waals surface area contributed by atoms with E-state index in [0.29, 0.717) is 18.7 Å². The fraction of sp³-hybridized carbons (Fsp3) is 0.545. The molecule has 2 aromatic rings. The number of benzene rings is 2. The minimum atomic E-state index is -0.983. The molecule has 1 saturated carbocycles. The van der Waals surface area contributed by atoms with Gasteiger partial charge >= 0.3 is 6.09 Å². The molecule has 0 unspecified atom stereocenters. The number of carbonyl (C=O) groups is 3. The number of fused-ring (bicyclic) bond motifs is 3. The molecule has 1 saturated heterocycles. The quantitative estimate of drug-likeness (QED) is 0.413. The van der Waals surface area contributed by atoms with Gasteiger partial charge in [-0.15, -0.1) is 0 Å². The van der Waals surface area contributed by atoms with Gasteiger partial charge in [0, 0.05) is 48.9 Å². The van der Waals surface area contributed by atoms with Crippen LogP contribution < -0.4 is 10.6 Å². The maximum atomic E-state index is 14.2. The summed E-state index contributed by atoms with van der Waals surface area (Å²) < 4.78 is 5.53. The number of methoxy groups -OCH3 is 1. The Labute approximate surface area is 248 Å². The van der Waals surface area contributed by atoms with Crippen molar-refractivity contribution in [3.63, 3.8) is 0 Å². The van der Waals surface area contributed by atoms with E-state index in [1.54, 1.807) is 31.4 Å². The lowest BCUT2D eigenvalue weighted by atomic mass is 9.81. The lowest BCUT2D eigenvalue weighted by Crippen LogP contribution is -2.50. The molecular weight excluding hydrogens is 532 g/mol. The zero-order valence-corrected chi connectivity index (χ0v) is 25.1. The van der Waals surface area contributed by atoms with E-state index in [1.807, 2.05) is 32.9 Å². The van der Waals surface area contributed by atoms with Crippen LogP contribution in [-0.4, -0.2) is 70.7 Å². The molecule has 9 heteroatoms. The lowest BCUT2D eigenvalue weighted by molar-refractivity contribution is -0.139. The van der Waals surface area contributed by atoms with Crippen LogP contribution in [0.3, 0.4) is 0 Å². The van der Waals surface area contributed by atoms with Crippen molar-refractivity contribution in [3.05, 3.63) is 65.2 Å². The summed E-state index contributed by atoms with van der Waals surface area (Å²) in [5, 5.41) is 16.4. The topological polar surface area (TPSA) is 111 Å². The predicted octanol–water partition coefficient (Wildman–Crippen LogP) is 5.28. The third-order valence-electron chi connectivity index (χ3n) is 9.21. The molecule has 2 aliphatic heterocycles. The number of carboxylic acid groups (broad SMARTS) is 1. The van der Waals surface area contributed by atoms with Crippen LogP contribution in [0.2, 0.25) is 0 Å². The summed E-state index contributed by atoms with van der Waals surface area (Å²) in [5.74, 6) is -0.0654. The van der Waals surface area contributed by atoms with E-state index in [9.17, 15) is 19.5 Å². The minimum absolute atomic E-state index is 0.000566. The number of rotatable bonds is 7. The number of anilines is 1. The summed E-state index contributed by atoms with van der Waals surface area (Å²) in [6, 6.07) is 15.2. The molecule has 3 aliphatic rings. The number of ether oxygens (including phenoxy) is 1. The molecule has 0 radical (unpaired) electrons. The van der Waals surface area contributed by atoms with Crippen LogP contribution >= 0.6 is 0 Å². The molecule has 0 aromatic heterocycles. The monoisotopic (exact) mass is 576 g/mol. The van der Waals surface area contributed by atoms with Gasteiger partial charge in [-0.1, -0.05) is 43.2 Å². The average molecular weight is 577 g/mol. The van der Waals surface area contributed by atoms with Crippen LogP contribution in [0.25, 0.3) is 0 Å². The number of hydrogen-bond donors (Lipinski definition) is 3. The molecule has 42 heavy (non-hydrogen) atoms. The minimum Gasteiger partial charge on any atom is -0.465 e. The van der Waals surface area contributed by atoms with Crippen LogP contribution in [0.1, 0.15) is 80.4 Å². The number of hydrogen-bond acceptors (Lipinski definition) is 5. The lowest BCUT2D eigenvalue weighted by Gasteiger charge is -2.41. The molecule has 0 spiro atoms. The fourth-order valence-corrected chi connectivity index (χ4v) is 7.02. The largest absolute Gasteiger partial charge is 0.465 e. The number of nitrogens with one attached hydrogen (secondary N) is 2. The van der Waals surface area contributed by atoms with Gasteiger partial charge in [-0.3, -0.25) is 14.5 Å². The van der Waals surface area contributed by atoms with E-state index in [0.717, 1.165) is 48.9 Å². The first kappa shape index (κ1) is 29.9. The molecule has 9 nitrogen and oxygen atoms in total. The molecular formula is C33H44N4O5. The number of amides is 3. The Balaban J connectivity index is 1.29. The van der Waals surface area contributed by atoms with Gasteiger partial charge in [0.15, 0.2) is 0 Å². The molecule has 3 amide bonds. The SMILES string of the molecule is COC[C@@H]1Nc2ccccc2[C@H]2[C@@H]1CCN2C(=O)[C@H]1CCCC[C@H]1NC(=O)c1ccc(CN(C(=O)O)C(C)(C)C)cc1. The van der Waals surface area contributed by atoms with E-state index in [4.69, 9.17) is 4.74 Å². The first-order chi connectivity index (χ1) is 20.1. The third kappa shape index (κ3) is 6.11. The summed E-state index contributed by atoms with van der Waals surface area (Å²) in [6.07, 6.45) is 3.40. The van der Waals surface area contributed by atoms with Crippen molar-refractivity contribution in [2.24, 2.45) is 11.8 Å². The first-order valence-electron chi connectivity index (χ1n) is 15.1. The van der Waals surface area contributed by atoms with Crippen molar-refractivity contribution in [3.8, 4) is 0 Å². The Kier molecular flexibility index (Phi) is 8.78. The highest BCUT2D eigenvalue weighted by Crippen LogP contribution is 2.47. The molecule has 226 valence electrons. The van der Waals surface area contributed by atoms with E-state index in [1.165, 1.54) is 4.90 Å². The van der Waals surface area contributed by atoms with Gasteiger partial charge in [0.1, 0.15) is 0 Å². The highest BCUT2D eigenvalue weighted by Gasteiger charge is 2.48. The van der Waals surface area contributed by atoms with Gasteiger partial charge in [0.2, 0.25) is 5.91 Å². The number of para-hydroxylation sites is 1. The van der Waals surface area contributed by atoms with Crippen molar-refractivity contribution in [1.82, 2.24) is 15.1 Å². The van der Waals surface area contributed by atoms with E-state index >= 15 is 0 Å². The maximum Gasteiger partial charge on any atom is 0.408 e. The Morgan fingerprint density at radius 2 is 1.76 bits per heavy atom. The number of carbonyl (C=O) groups excluding carboxylic acids is 2. The van der Waals surface area contributed by atoms with Crippen molar-refractivity contribution >= 4 is 23.6 Å². The standard InChI is InChI=1S/C33H44N4O5/c1-33(2,3)37(32(40)41)19-21-13-15-22(16-14-21)30(38)35-27-12-8-6-10-25(27)31(39)36-18-17-24-28(20-42-4)34-26-11-7-5-9-23(26)29(24)36/h5,7,9,11,13-16,24-25,27-29,34H,6,8,10,12,17-20H2,1-4H3,(H,35,38)(H,40,41)/t24-,25+,27-,28+,29+/m1/s1. The summed E-state index contributed by atoms with van der Waals surface area (Å²) >= 11 is 0. The molecule has 5 atom stereocenters. The highest BCUT2D eigenvalue weighted by atomic mass is 16.5. The summed E-state index contributed by atoms with van der Waals surface area (Å²) in [4.78, 5) is 42.7. The molecule has 2 fully saturated rings. The van der Waals surface area contributed by atoms with Crippen LogP contribution in [0.15, 0.2) is 48.5 Å². The molecule has 3 N–H and O–H groups in total. The van der Waals surface area contributed by atoms with Gasteiger partial charge in [-0.05, 0) is 69.4 Å². The fourth-order valence-electron chi connectivity index (χ4n) is 7.02. The Morgan fingerprint density at radius 1 is 1.05 bits per heavy atom. The van der Waals surface area contributed by atoms with Crippen LogP contribution in [0.5, 0.6) is 0 Å². The Bertz CT molecular complexity index is 1290. The van der Waals surface area contributed by atoms with Gasteiger partial charge < -0.3 is 25.4 Å². The van der Waals surface area contributed by atoms with E-state index < -0.39 is 11.6 Å². The van der Waals surface area contributed by atoms with Crippen molar-refractivity contribution in [2.75, 3.05) is 25.6 Å². The van der Waals surface area contributed by atoms with Gasteiger partial charge in [-0.25, -0.2) is 4.79 Å². The Morgan fingerprint density at radius 3 is 2.45 bits per heavy atom. The number of likely N-dealkylation sites (tertiary alicyclic amines) is 1. The highest BCUT2D eigenvalue weighted by molar-refractivity contribution is 5.95. The molecule has 1 aliphatic carbocycles. The predicted molar refractivity (Wildman–Crippen MR) is 161 cm³/mol. The second-order valence-electron chi connectivity index (χ2n) is 12.9. The van der Waals surface area contributed by atoms with Crippen LogP contribution in [0, 0.1) is 11.8 Å². The third-order valence-corrected chi connectivity index (χ3v) is 9.21. The summed E-state index contributed by atoms with van der Waals surface area (Å²) in [6.45, 7) is 7.09. The molecule has 5 rings (SSSR count). The zero-order valence-electron chi connectivity index (χ0n) is 25.1. The van der Waals surface area contributed by atoms with Crippen LogP contribution in [-0.2, 0) is 16.1 Å². The Hall–Kier alpha value is -3.59. The zero-order chi connectivity index (χ0) is 30.0. The smallest absolute Gasteiger partial charge is 0.408 e. The van der Waals surface area contributed by atoms with Gasteiger partial charge in [0.25, 0.3) is 5.91 Å². The molecule has 0 bridgehead atoms. The molecule has 2 heterocycles. The van der Waals surface area contributed by atoms with E-state index in [2.05, 4.69) is 27.7 Å². The first-order valence-corrected chi connectivity index (χ1v) is 15.1. The summed E-state index contributed by atoms with van der Waals surface area (Å²) in [5.41, 5.74) is 2.99. The van der Waals surface area contributed by atoms with Crippen molar-refractivity contribution in [1.29, 1.82) is 0 Å². The van der Waals surface area contributed by atoms with Crippen molar-refractivity contribution in [2.45, 2.75) is 83.1 Å². The second kappa shape index (κ2) is 12.3. The second-order valence-corrected chi connectivity index (χ2v) is 12.9. The maximum absolute atomic E-state index is 14.2. The van der Waals surface area contributed by atoms with Gasteiger partial charge in [-0.2, -0.15) is 0 Å². The van der Waals surface area contributed by atoms with Crippen LogP contribution in [0.4, 0.5) is 10.5 Å². The number of nitrogens with zero attached hydrogens (tertiary/aromatic N) is 2.